The average Bonchev–Trinajstić information content (AvgIpc) is 2.28. The standard InChI is InChI=1S/C12H26N2O3S/c1-3-4-9-14(2)10-7-13(8-11-14)6-5-12-18(15,16)17/h3-12H2,1-2H3/p+1. The third-order valence-corrected chi connectivity index (χ3v) is 4.64. The lowest BCUT2D eigenvalue weighted by atomic mass is 10.2. The van der Waals surface area contributed by atoms with Crippen LogP contribution >= 0.6 is 0 Å². The molecule has 5 nitrogen and oxygen atoms in total. The van der Waals surface area contributed by atoms with Gasteiger partial charge < -0.3 is 4.48 Å². The Hall–Kier alpha value is -0.170. The van der Waals surface area contributed by atoms with Gasteiger partial charge in [-0.3, -0.25) is 9.45 Å². The smallest absolute Gasteiger partial charge is 0.264 e. The number of hydrogen-bond acceptors (Lipinski definition) is 3. The fourth-order valence-electron chi connectivity index (χ4n) is 2.45. The van der Waals surface area contributed by atoms with Crippen molar-refractivity contribution in [2.45, 2.75) is 26.2 Å². The molecule has 1 N–H and O–H groups in total. The van der Waals surface area contributed by atoms with Crippen molar-refractivity contribution in [2.75, 3.05) is 52.1 Å². The zero-order valence-corrected chi connectivity index (χ0v) is 12.5. The van der Waals surface area contributed by atoms with Gasteiger partial charge in [0.2, 0.25) is 0 Å². The van der Waals surface area contributed by atoms with E-state index in [4.69, 9.17) is 4.55 Å². The molecule has 1 saturated heterocycles. The highest BCUT2D eigenvalue weighted by Crippen LogP contribution is 2.12. The Morgan fingerprint density at radius 3 is 2.33 bits per heavy atom. The molecule has 1 aliphatic rings. The van der Waals surface area contributed by atoms with E-state index in [-0.39, 0.29) is 5.75 Å². The van der Waals surface area contributed by atoms with Crippen molar-refractivity contribution in [2.24, 2.45) is 0 Å². The van der Waals surface area contributed by atoms with Crippen LogP contribution in [0.1, 0.15) is 26.2 Å². The number of nitrogens with zero attached hydrogens (tertiary/aromatic N) is 2. The zero-order chi connectivity index (χ0) is 13.6. The van der Waals surface area contributed by atoms with Gasteiger partial charge in [-0.1, -0.05) is 13.3 Å². The first-order valence-electron chi connectivity index (χ1n) is 6.86. The third-order valence-electron chi connectivity index (χ3n) is 3.84. The van der Waals surface area contributed by atoms with Crippen molar-refractivity contribution < 1.29 is 17.5 Å². The number of unbranched alkanes of at least 4 members (excludes halogenated alkanes) is 1. The Morgan fingerprint density at radius 2 is 1.83 bits per heavy atom. The highest BCUT2D eigenvalue weighted by Gasteiger charge is 2.27. The molecular weight excluding hydrogens is 252 g/mol. The molecular formula is C12H27N2O3S+. The molecule has 0 unspecified atom stereocenters. The molecule has 0 aromatic carbocycles. The fourth-order valence-corrected chi connectivity index (χ4v) is 2.94. The highest BCUT2D eigenvalue weighted by atomic mass is 32.2. The van der Waals surface area contributed by atoms with E-state index in [0.717, 1.165) is 37.2 Å². The maximum Gasteiger partial charge on any atom is 0.264 e. The molecule has 0 aliphatic carbocycles. The topological polar surface area (TPSA) is 57.6 Å². The summed E-state index contributed by atoms with van der Waals surface area (Å²) in [6, 6.07) is 0. The van der Waals surface area contributed by atoms with Crippen molar-refractivity contribution in [3.63, 3.8) is 0 Å². The summed E-state index contributed by atoms with van der Waals surface area (Å²) in [5.74, 6) is -0.120. The van der Waals surface area contributed by atoms with Crippen LogP contribution in [-0.2, 0) is 10.1 Å². The summed E-state index contributed by atoms with van der Waals surface area (Å²) in [5.41, 5.74) is 0. The van der Waals surface area contributed by atoms with Crippen LogP contribution in [0.15, 0.2) is 0 Å². The summed E-state index contributed by atoms with van der Waals surface area (Å²) in [7, 11) is -1.48. The molecule has 0 aromatic heterocycles. The van der Waals surface area contributed by atoms with E-state index >= 15 is 0 Å². The summed E-state index contributed by atoms with van der Waals surface area (Å²) in [5, 5.41) is 0. The van der Waals surface area contributed by atoms with E-state index in [1.807, 2.05) is 0 Å². The highest BCUT2D eigenvalue weighted by molar-refractivity contribution is 7.85. The van der Waals surface area contributed by atoms with Crippen LogP contribution in [0.2, 0.25) is 0 Å². The Balaban J connectivity index is 2.23. The van der Waals surface area contributed by atoms with Gasteiger partial charge >= 0.3 is 0 Å². The van der Waals surface area contributed by atoms with Gasteiger partial charge in [0.25, 0.3) is 10.1 Å². The van der Waals surface area contributed by atoms with Gasteiger partial charge in [-0.05, 0) is 19.4 Å². The summed E-state index contributed by atoms with van der Waals surface area (Å²) >= 11 is 0. The second-order valence-electron chi connectivity index (χ2n) is 5.63. The zero-order valence-electron chi connectivity index (χ0n) is 11.6. The summed E-state index contributed by atoms with van der Waals surface area (Å²) in [6.07, 6.45) is 3.04. The van der Waals surface area contributed by atoms with Crippen LogP contribution in [0.5, 0.6) is 0 Å². The molecule has 108 valence electrons. The molecule has 18 heavy (non-hydrogen) atoms. The molecule has 0 bridgehead atoms. The molecule has 1 heterocycles. The van der Waals surface area contributed by atoms with E-state index in [9.17, 15) is 8.42 Å². The number of rotatable bonds is 7. The van der Waals surface area contributed by atoms with Crippen LogP contribution in [0, 0.1) is 0 Å². The maximum atomic E-state index is 10.6. The molecule has 1 fully saturated rings. The predicted molar refractivity (Wildman–Crippen MR) is 73.2 cm³/mol. The van der Waals surface area contributed by atoms with Gasteiger partial charge in [-0.15, -0.1) is 0 Å². The molecule has 0 saturated carbocycles. The van der Waals surface area contributed by atoms with Crippen LogP contribution in [-0.4, -0.2) is 74.4 Å². The van der Waals surface area contributed by atoms with Crippen LogP contribution < -0.4 is 0 Å². The van der Waals surface area contributed by atoms with E-state index in [0.29, 0.717) is 6.42 Å². The van der Waals surface area contributed by atoms with Crippen molar-refractivity contribution in [1.82, 2.24) is 4.90 Å². The van der Waals surface area contributed by atoms with Crippen molar-refractivity contribution in [3.05, 3.63) is 0 Å². The summed E-state index contributed by atoms with van der Waals surface area (Å²) < 4.78 is 31.1. The van der Waals surface area contributed by atoms with Crippen molar-refractivity contribution in [1.29, 1.82) is 0 Å². The van der Waals surface area contributed by atoms with Gasteiger partial charge in [-0.2, -0.15) is 8.42 Å². The summed E-state index contributed by atoms with van der Waals surface area (Å²) in [4.78, 5) is 2.30. The number of quaternary nitrogens is 1. The second-order valence-corrected chi connectivity index (χ2v) is 7.20. The number of hydrogen-bond donors (Lipinski definition) is 1. The van der Waals surface area contributed by atoms with E-state index < -0.39 is 10.1 Å². The van der Waals surface area contributed by atoms with E-state index in [1.165, 1.54) is 19.4 Å². The van der Waals surface area contributed by atoms with Crippen LogP contribution in [0.4, 0.5) is 0 Å². The Labute approximate surface area is 111 Å². The second kappa shape index (κ2) is 6.84. The lowest BCUT2D eigenvalue weighted by Crippen LogP contribution is -2.57. The lowest BCUT2D eigenvalue weighted by molar-refractivity contribution is -0.913. The molecule has 6 heteroatoms. The Bertz CT molecular complexity index is 335. The quantitative estimate of drug-likeness (QED) is 0.554. The van der Waals surface area contributed by atoms with E-state index in [2.05, 4.69) is 18.9 Å². The number of piperazine rings is 1. The first-order valence-corrected chi connectivity index (χ1v) is 8.47. The lowest BCUT2D eigenvalue weighted by Gasteiger charge is -2.42. The fraction of sp³-hybridized carbons (Fsp3) is 1.00. The molecule has 1 rings (SSSR count). The first kappa shape index (κ1) is 15.9. The van der Waals surface area contributed by atoms with Crippen LogP contribution in [0.3, 0.4) is 0 Å². The van der Waals surface area contributed by atoms with Gasteiger partial charge in [0.15, 0.2) is 0 Å². The van der Waals surface area contributed by atoms with Crippen molar-refractivity contribution in [3.8, 4) is 0 Å². The van der Waals surface area contributed by atoms with Crippen molar-refractivity contribution >= 4 is 10.1 Å². The molecule has 0 amide bonds. The minimum Gasteiger partial charge on any atom is -0.324 e. The van der Waals surface area contributed by atoms with Gasteiger partial charge in [0, 0.05) is 13.1 Å². The van der Waals surface area contributed by atoms with Gasteiger partial charge in [0.1, 0.15) is 0 Å². The van der Waals surface area contributed by atoms with Crippen LogP contribution in [0.25, 0.3) is 0 Å². The normalized spacial score (nSPS) is 21.1. The molecule has 0 aromatic rings. The number of likely N-dealkylation sites (N-methyl/N-ethyl adjacent to an activating group) is 1. The predicted octanol–water partition coefficient (Wildman–Crippen LogP) is 0.827. The molecule has 1 aliphatic heterocycles. The summed E-state index contributed by atoms with van der Waals surface area (Å²) in [6.45, 7) is 8.59. The van der Waals surface area contributed by atoms with E-state index in [1.54, 1.807) is 0 Å². The molecule has 0 atom stereocenters. The Morgan fingerprint density at radius 1 is 1.22 bits per heavy atom. The van der Waals surface area contributed by atoms with Gasteiger partial charge in [0.05, 0.1) is 32.4 Å². The Kier molecular flexibility index (Phi) is 6.04. The third kappa shape index (κ3) is 6.13. The minimum absolute atomic E-state index is 0.120. The largest absolute Gasteiger partial charge is 0.324 e. The average molecular weight is 279 g/mol. The minimum atomic E-state index is -3.79. The molecule has 0 spiro atoms. The SMILES string of the molecule is CCCC[N+]1(C)CCN(CCCS(=O)(=O)O)CC1. The monoisotopic (exact) mass is 279 g/mol. The first-order chi connectivity index (χ1) is 8.35. The van der Waals surface area contributed by atoms with Gasteiger partial charge in [-0.25, -0.2) is 0 Å². The maximum absolute atomic E-state index is 10.6. The molecule has 0 radical (unpaired) electrons.